The van der Waals surface area contributed by atoms with Gasteiger partial charge >= 0.3 is 0 Å². The molecule has 0 radical (unpaired) electrons. The molecule has 3 saturated carbocycles. The Hall–Kier alpha value is -1.06. The monoisotopic (exact) mass is 233 g/mol. The molecule has 3 aliphatic carbocycles. The van der Waals surface area contributed by atoms with Gasteiger partial charge in [-0.2, -0.15) is 0 Å². The number of fused-ring (bicyclic) bond motifs is 1. The Morgan fingerprint density at radius 2 is 2.06 bits per heavy atom. The zero-order valence-electron chi connectivity index (χ0n) is 8.76. The molecule has 5 rings (SSSR count). The Labute approximate surface area is 98.0 Å². The van der Waals surface area contributed by atoms with Crippen molar-refractivity contribution in [2.45, 2.75) is 30.2 Å². The predicted molar refractivity (Wildman–Crippen MR) is 63.6 cm³/mol. The number of nitrogens with one attached hydrogen (secondary N) is 1. The molecule has 3 N–H and O–H groups in total. The Kier molecular flexibility index (Phi) is 1.37. The summed E-state index contributed by atoms with van der Waals surface area (Å²) in [5.41, 5.74) is 8.46. The van der Waals surface area contributed by atoms with Crippen LogP contribution in [-0.2, 0) is 5.41 Å². The van der Waals surface area contributed by atoms with Crippen LogP contribution < -0.4 is 5.73 Å². The fraction of sp³-hybridized carbons (Fsp3) is 0.417. The molecule has 16 heavy (non-hydrogen) atoms. The van der Waals surface area contributed by atoms with Crippen molar-refractivity contribution in [1.29, 1.82) is 0 Å². The van der Waals surface area contributed by atoms with Crippen molar-refractivity contribution in [2.24, 2.45) is 5.73 Å². The second kappa shape index (κ2) is 2.44. The predicted octanol–water partition coefficient (Wildman–Crippen LogP) is 2.35. The Morgan fingerprint density at radius 1 is 1.31 bits per heavy atom. The van der Waals surface area contributed by atoms with Crippen molar-refractivity contribution in [3.05, 3.63) is 29.0 Å². The molecule has 3 fully saturated rings. The van der Waals surface area contributed by atoms with Crippen molar-refractivity contribution in [3.8, 4) is 0 Å². The molecule has 1 aromatic carbocycles. The third kappa shape index (κ3) is 0.955. The number of halogens is 1. The number of aromatic nitrogens is 2. The summed E-state index contributed by atoms with van der Waals surface area (Å²) in [7, 11) is 0. The first kappa shape index (κ1) is 9.02. The Morgan fingerprint density at radius 3 is 2.75 bits per heavy atom. The third-order valence-electron chi connectivity index (χ3n) is 4.02. The van der Waals surface area contributed by atoms with Crippen LogP contribution in [0, 0.1) is 0 Å². The van der Waals surface area contributed by atoms with Gasteiger partial charge in [-0.1, -0.05) is 11.6 Å². The quantitative estimate of drug-likeness (QED) is 0.795. The van der Waals surface area contributed by atoms with Crippen molar-refractivity contribution in [3.63, 3.8) is 0 Å². The lowest BCUT2D eigenvalue weighted by atomic mass is 9.39. The summed E-state index contributed by atoms with van der Waals surface area (Å²) in [5.74, 6) is 1.09. The van der Waals surface area contributed by atoms with E-state index in [1.165, 1.54) is 0 Å². The summed E-state index contributed by atoms with van der Waals surface area (Å²) in [6.07, 6.45) is 3.23. The van der Waals surface area contributed by atoms with Gasteiger partial charge in [0.1, 0.15) is 5.82 Å². The van der Waals surface area contributed by atoms with E-state index in [4.69, 9.17) is 17.3 Å². The number of H-pyrrole nitrogens is 1. The van der Waals surface area contributed by atoms with Crippen molar-refractivity contribution >= 4 is 22.6 Å². The highest BCUT2D eigenvalue weighted by Gasteiger charge is 2.68. The van der Waals surface area contributed by atoms with Gasteiger partial charge in [-0.05, 0) is 37.5 Å². The number of aromatic amines is 1. The average Bonchev–Trinajstić information content (AvgIpc) is 2.53. The standard InChI is InChI=1S/C12H12ClN3/c13-7-1-2-8-9(3-7)16-10(15-8)11-4-12(14,5-11)6-11/h1-3H,4-6,14H2,(H,15,16). The molecule has 1 aromatic heterocycles. The number of hydrogen-bond acceptors (Lipinski definition) is 2. The highest BCUT2D eigenvalue weighted by molar-refractivity contribution is 6.31. The summed E-state index contributed by atoms with van der Waals surface area (Å²) in [5, 5.41) is 0.746. The fourth-order valence-corrected chi connectivity index (χ4v) is 3.52. The smallest absolute Gasteiger partial charge is 0.113 e. The maximum atomic E-state index is 6.07. The number of nitrogens with two attached hydrogens (primary N) is 1. The fourth-order valence-electron chi connectivity index (χ4n) is 3.35. The first-order valence-corrected chi connectivity index (χ1v) is 5.91. The van der Waals surface area contributed by atoms with Crippen LogP contribution in [0.15, 0.2) is 18.2 Å². The topological polar surface area (TPSA) is 54.7 Å². The summed E-state index contributed by atoms with van der Waals surface area (Å²) in [6, 6.07) is 5.76. The average molecular weight is 234 g/mol. The molecule has 0 unspecified atom stereocenters. The molecule has 0 atom stereocenters. The Balaban J connectivity index is 1.82. The van der Waals surface area contributed by atoms with E-state index in [2.05, 4.69) is 9.97 Å². The number of rotatable bonds is 1. The molecule has 3 nitrogen and oxygen atoms in total. The van der Waals surface area contributed by atoms with Gasteiger partial charge in [0.25, 0.3) is 0 Å². The van der Waals surface area contributed by atoms with E-state index < -0.39 is 0 Å². The number of nitrogens with zero attached hydrogens (tertiary/aromatic N) is 1. The lowest BCUT2D eigenvalue weighted by Gasteiger charge is -2.67. The minimum atomic E-state index is 0.122. The normalized spacial score (nSPS) is 35.9. The summed E-state index contributed by atoms with van der Waals surface area (Å²) >= 11 is 5.95. The van der Waals surface area contributed by atoms with E-state index >= 15 is 0 Å². The molecule has 3 aliphatic rings. The van der Waals surface area contributed by atoms with Crippen LogP contribution in [-0.4, -0.2) is 15.5 Å². The van der Waals surface area contributed by atoms with Crippen LogP contribution in [0.5, 0.6) is 0 Å². The van der Waals surface area contributed by atoms with Crippen LogP contribution in [0.1, 0.15) is 25.1 Å². The van der Waals surface area contributed by atoms with Gasteiger partial charge in [-0.15, -0.1) is 0 Å². The SMILES string of the molecule is NC12CC(c3nc4ccc(Cl)cc4[nH]3)(C1)C2. The minimum Gasteiger partial charge on any atom is -0.341 e. The second-order valence-electron chi connectivity index (χ2n) is 5.42. The maximum Gasteiger partial charge on any atom is 0.113 e. The minimum absolute atomic E-state index is 0.122. The van der Waals surface area contributed by atoms with E-state index in [1.807, 2.05) is 18.2 Å². The molecule has 2 bridgehead atoms. The summed E-state index contributed by atoms with van der Waals surface area (Å²) in [6.45, 7) is 0. The Bertz CT molecular complexity index is 582. The zero-order chi connectivity index (χ0) is 11.0. The third-order valence-corrected chi connectivity index (χ3v) is 4.25. The van der Waals surface area contributed by atoms with Gasteiger partial charge in [0.15, 0.2) is 0 Å². The van der Waals surface area contributed by atoms with Crippen LogP contribution in [0.25, 0.3) is 11.0 Å². The lowest BCUT2D eigenvalue weighted by molar-refractivity contribution is -0.0645. The molecular weight excluding hydrogens is 222 g/mol. The van der Waals surface area contributed by atoms with E-state index in [1.54, 1.807) is 0 Å². The molecule has 0 saturated heterocycles. The zero-order valence-corrected chi connectivity index (χ0v) is 9.51. The van der Waals surface area contributed by atoms with Gasteiger partial charge < -0.3 is 10.7 Å². The van der Waals surface area contributed by atoms with Crippen LogP contribution in [0.3, 0.4) is 0 Å². The van der Waals surface area contributed by atoms with Gasteiger partial charge in [0.05, 0.1) is 11.0 Å². The number of hydrogen-bond donors (Lipinski definition) is 2. The number of imidazole rings is 1. The van der Waals surface area contributed by atoms with Crippen molar-refractivity contribution < 1.29 is 0 Å². The largest absolute Gasteiger partial charge is 0.341 e. The van der Waals surface area contributed by atoms with E-state index in [-0.39, 0.29) is 11.0 Å². The lowest BCUT2D eigenvalue weighted by Crippen LogP contribution is -2.74. The molecule has 0 aliphatic heterocycles. The van der Waals surface area contributed by atoms with Gasteiger partial charge in [-0.3, -0.25) is 0 Å². The van der Waals surface area contributed by atoms with Crippen LogP contribution in [0.4, 0.5) is 0 Å². The molecule has 1 heterocycles. The summed E-state index contributed by atoms with van der Waals surface area (Å²) < 4.78 is 0. The number of benzene rings is 1. The molecule has 0 spiro atoms. The first-order chi connectivity index (χ1) is 7.59. The molecule has 2 aromatic rings. The van der Waals surface area contributed by atoms with Gasteiger partial charge in [-0.25, -0.2) is 4.98 Å². The second-order valence-corrected chi connectivity index (χ2v) is 5.86. The molecular formula is C12H12ClN3. The molecule has 4 heteroatoms. The van der Waals surface area contributed by atoms with E-state index in [9.17, 15) is 0 Å². The summed E-state index contributed by atoms with van der Waals surface area (Å²) in [4.78, 5) is 8.03. The maximum absolute atomic E-state index is 6.07. The van der Waals surface area contributed by atoms with E-state index in [0.29, 0.717) is 0 Å². The van der Waals surface area contributed by atoms with E-state index in [0.717, 1.165) is 41.1 Å². The highest BCUT2D eigenvalue weighted by atomic mass is 35.5. The van der Waals surface area contributed by atoms with Crippen molar-refractivity contribution in [2.75, 3.05) is 0 Å². The molecule has 82 valence electrons. The van der Waals surface area contributed by atoms with Crippen LogP contribution >= 0.6 is 11.6 Å². The van der Waals surface area contributed by atoms with Crippen molar-refractivity contribution in [1.82, 2.24) is 9.97 Å². The first-order valence-electron chi connectivity index (χ1n) is 5.53. The molecule has 0 amide bonds. The van der Waals surface area contributed by atoms with Gasteiger partial charge in [0.2, 0.25) is 0 Å². The van der Waals surface area contributed by atoms with Crippen LogP contribution in [0.2, 0.25) is 5.02 Å². The van der Waals surface area contributed by atoms with Gasteiger partial charge in [0, 0.05) is 16.0 Å². The highest BCUT2D eigenvalue weighted by Crippen LogP contribution is 2.65.